The first-order valence-electron chi connectivity index (χ1n) is 10.9. The van der Waals surface area contributed by atoms with Gasteiger partial charge < -0.3 is 14.6 Å². The molecule has 1 amide bonds. The fraction of sp³-hybridized carbons (Fsp3) is 0.682. The van der Waals surface area contributed by atoms with Crippen LogP contribution in [0.25, 0.3) is 11.1 Å². The number of amides is 1. The van der Waals surface area contributed by atoms with Crippen molar-refractivity contribution in [1.29, 1.82) is 0 Å². The number of hydrogen-bond donors (Lipinski definition) is 1. The summed E-state index contributed by atoms with van der Waals surface area (Å²) in [6.45, 7) is 7.87. The summed E-state index contributed by atoms with van der Waals surface area (Å²) in [4.78, 5) is 32.3. The zero-order valence-electron chi connectivity index (χ0n) is 18.2. The van der Waals surface area contributed by atoms with Crippen LogP contribution in [0.4, 0.5) is 0 Å². The second kappa shape index (κ2) is 9.57. The molecule has 160 valence electrons. The number of aromatic nitrogens is 2. The van der Waals surface area contributed by atoms with Crippen LogP contribution < -0.4 is 10.9 Å². The van der Waals surface area contributed by atoms with Gasteiger partial charge in [0.05, 0.1) is 5.56 Å². The standard InChI is InChI=1S/C22H34N4O3/c1-15(2)13-26-14-24-21-19(22(26)28)18(16(3)29-21)20(27)23-11-8-12-25(4)17-9-6-5-7-10-17/h14-15,17H,5-13H2,1-4H3,(H,23,27). The van der Waals surface area contributed by atoms with Crippen LogP contribution >= 0.6 is 0 Å². The van der Waals surface area contributed by atoms with Crippen LogP contribution in [0.5, 0.6) is 0 Å². The molecule has 0 radical (unpaired) electrons. The van der Waals surface area contributed by atoms with Gasteiger partial charge in [-0.25, -0.2) is 4.98 Å². The van der Waals surface area contributed by atoms with Crippen LogP contribution in [-0.2, 0) is 6.54 Å². The first kappa shape index (κ1) is 21.6. The molecule has 0 aromatic carbocycles. The third-order valence-corrected chi connectivity index (χ3v) is 5.81. The lowest BCUT2D eigenvalue weighted by Gasteiger charge is -2.31. The molecule has 0 unspecified atom stereocenters. The van der Waals surface area contributed by atoms with Crippen molar-refractivity contribution in [2.75, 3.05) is 20.1 Å². The third kappa shape index (κ3) is 5.07. The fourth-order valence-corrected chi connectivity index (χ4v) is 4.26. The Labute approximate surface area is 172 Å². The van der Waals surface area contributed by atoms with E-state index in [-0.39, 0.29) is 22.6 Å². The molecular formula is C22H34N4O3. The van der Waals surface area contributed by atoms with E-state index in [1.54, 1.807) is 11.5 Å². The van der Waals surface area contributed by atoms with Gasteiger partial charge in [0.15, 0.2) is 0 Å². The van der Waals surface area contributed by atoms with Crippen LogP contribution in [0.2, 0.25) is 0 Å². The summed E-state index contributed by atoms with van der Waals surface area (Å²) in [5.41, 5.74) is 0.327. The molecule has 2 heterocycles. The highest BCUT2D eigenvalue weighted by atomic mass is 16.3. The summed E-state index contributed by atoms with van der Waals surface area (Å²) >= 11 is 0. The molecule has 1 aliphatic carbocycles. The molecule has 1 aliphatic rings. The number of nitrogens with zero attached hydrogens (tertiary/aromatic N) is 3. The maximum atomic E-state index is 12.9. The van der Waals surface area contributed by atoms with E-state index in [0.29, 0.717) is 36.4 Å². The van der Waals surface area contributed by atoms with Crippen molar-refractivity contribution >= 4 is 17.0 Å². The topological polar surface area (TPSA) is 80.4 Å². The summed E-state index contributed by atoms with van der Waals surface area (Å²) < 4.78 is 7.14. The normalized spacial score (nSPS) is 15.5. The fourth-order valence-electron chi connectivity index (χ4n) is 4.26. The highest BCUT2D eigenvalue weighted by molar-refractivity contribution is 6.06. The van der Waals surface area contributed by atoms with Crippen molar-refractivity contribution < 1.29 is 9.21 Å². The van der Waals surface area contributed by atoms with Gasteiger partial charge in [0, 0.05) is 19.1 Å². The largest absolute Gasteiger partial charge is 0.442 e. The number of carbonyl (C=O) groups is 1. The zero-order valence-corrected chi connectivity index (χ0v) is 18.2. The molecule has 1 saturated carbocycles. The Morgan fingerprint density at radius 2 is 2.07 bits per heavy atom. The summed E-state index contributed by atoms with van der Waals surface area (Å²) in [7, 11) is 2.17. The Balaban J connectivity index is 1.64. The van der Waals surface area contributed by atoms with E-state index < -0.39 is 0 Å². The van der Waals surface area contributed by atoms with Gasteiger partial charge in [-0.1, -0.05) is 33.1 Å². The molecular weight excluding hydrogens is 368 g/mol. The van der Waals surface area contributed by atoms with E-state index in [1.165, 1.54) is 38.4 Å². The lowest BCUT2D eigenvalue weighted by atomic mass is 9.94. The zero-order chi connectivity index (χ0) is 21.0. The highest BCUT2D eigenvalue weighted by Gasteiger charge is 2.23. The molecule has 7 heteroatoms. The van der Waals surface area contributed by atoms with Crippen molar-refractivity contribution in [3.8, 4) is 0 Å². The van der Waals surface area contributed by atoms with Crippen molar-refractivity contribution in [3.63, 3.8) is 0 Å². The van der Waals surface area contributed by atoms with Gasteiger partial charge in [-0.2, -0.15) is 0 Å². The van der Waals surface area contributed by atoms with Gasteiger partial charge in [0.1, 0.15) is 17.5 Å². The number of furan rings is 1. The summed E-state index contributed by atoms with van der Waals surface area (Å²) in [6.07, 6.45) is 8.92. The molecule has 0 atom stereocenters. The smallest absolute Gasteiger partial charge is 0.265 e. The quantitative estimate of drug-likeness (QED) is 0.685. The van der Waals surface area contributed by atoms with Gasteiger partial charge in [-0.15, -0.1) is 0 Å². The molecule has 0 saturated heterocycles. The van der Waals surface area contributed by atoms with Crippen LogP contribution in [-0.4, -0.2) is 46.5 Å². The van der Waals surface area contributed by atoms with Crippen molar-refractivity contribution in [1.82, 2.24) is 19.8 Å². The first-order valence-corrected chi connectivity index (χ1v) is 10.9. The number of aryl methyl sites for hydroxylation is 1. The maximum absolute atomic E-state index is 12.9. The molecule has 29 heavy (non-hydrogen) atoms. The SMILES string of the molecule is Cc1oc2ncn(CC(C)C)c(=O)c2c1C(=O)NCCCN(C)C1CCCCC1. The van der Waals surface area contributed by atoms with Crippen molar-refractivity contribution in [3.05, 3.63) is 28.0 Å². The van der Waals surface area contributed by atoms with Gasteiger partial charge in [0.25, 0.3) is 11.5 Å². The molecule has 7 nitrogen and oxygen atoms in total. The van der Waals surface area contributed by atoms with Crippen LogP contribution in [0, 0.1) is 12.8 Å². The minimum Gasteiger partial charge on any atom is -0.442 e. The average molecular weight is 403 g/mol. The van der Waals surface area contributed by atoms with E-state index in [9.17, 15) is 9.59 Å². The van der Waals surface area contributed by atoms with E-state index in [2.05, 4.69) is 22.2 Å². The van der Waals surface area contributed by atoms with Crippen molar-refractivity contribution in [2.24, 2.45) is 5.92 Å². The number of nitrogens with one attached hydrogen (secondary N) is 1. The Kier molecular flexibility index (Phi) is 7.11. The summed E-state index contributed by atoms with van der Waals surface area (Å²) in [5, 5.41) is 3.24. The molecule has 2 aromatic rings. The van der Waals surface area contributed by atoms with Crippen LogP contribution in [0.15, 0.2) is 15.5 Å². The van der Waals surface area contributed by atoms with E-state index in [1.807, 2.05) is 13.8 Å². The monoisotopic (exact) mass is 402 g/mol. The Morgan fingerprint density at radius 3 is 2.76 bits per heavy atom. The Morgan fingerprint density at radius 1 is 1.34 bits per heavy atom. The molecule has 1 N–H and O–H groups in total. The second-order valence-electron chi connectivity index (χ2n) is 8.69. The molecule has 0 bridgehead atoms. The minimum atomic E-state index is -0.261. The molecule has 3 rings (SSSR count). The number of rotatable bonds is 8. The Hall–Kier alpha value is -2.15. The van der Waals surface area contributed by atoms with E-state index >= 15 is 0 Å². The predicted octanol–water partition coefficient (Wildman–Crippen LogP) is 3.34. The average Bonchev–Trinajstić information content (AvgIpc) is 3.04. The maximum Gasteiger partial charge on any atom is 0.265 e. The number of fused-ring (bicyclic) bond motifs is 1. The van der Waals surface area contributed by atoms with Gasteiger partial charge in [-0.3, -0.25) is 14.2 Å². The van der Waals surface area contributed by atoms with Gasteiger partial charge >= 0.3 is 0 Å². The lowest BCUT2D eigenvalue weighted by molar-refractivity contribution is 0.0950. The third-order valence-electron chi connectivity index (χ3n) is 5.81. The predicted molar refractivity (Wildman–Crippen MR) is 114 cm³/mol. The molecule has 0 spiro atoms. The Bertz CT molecular complexity index is 893. The number of carbonyl (C=O) groups excluding carboxylic acids is 1. The van der Waals surface area contributed by atoms with E-state index in [0.717, 1.165) is 13.0 Å². The highest BCUT2D eigenvalue weighted by Crippen LogP contribution is 2.22. The van der Waals surface area contributed by atoms with Crippen molar-refractivity contribution in [2.45, 2.75) is 71.9 Å². The van der Waals surface area contributed by atoms with Crippen LogP contribution in [0.3, 0.4) is 0 Å². The first-order chi connectivity index (χ1) is 13.9. The van der Waals surface area contributed by atoms with Crippen LogP contribution in [0.1, 0.15) is 68.5 Å². The summed E-state index contributed by atoms with van der Waals surface area (Å²) in [6, 6.07) is 0.671. The van der Waals surface area contributed by atoms with E-state index in [4.69, 9.17) is 4.42 Å². The molecule has 0 aliphatic heterocycles. The second-order valence-corrected chi connectivity index (χ2v) is 8.69. The summed E-state index contributed by atoms with van der Waals surface area (Å²) in [5.74, 6) is 0.477. The molecule has 2 aromatic heterocycles. The molecule has 1 fully saturated rings. The minimum absolute atomic E-state index is 0.220. The number of hydrogen-bond acceptors (Lipinski definition) is 5. The van der Waals surface area contributed by atoms with Gasteiger partial charge in [-0.05, 0) is 45.7 Å². The lowest BCUT2D eigenvalue weighted by Crippen LogP contribution is -2.36. The van der Waals surface area contributed by atoms with Gasteiger partial charge in [0.2, 0.25) is 5.71 Å².